The number of likely N-dealkylation sites (N-methyl/N-ethyl adjacent to an activating group) is 1. The van der Waals surface area contributed by atoms with Crippen molar-refractivity contribution >= 4 is 44.8 Å². The molecule has 2 unspecified atom stereocenters. The summed E-state index contributed by atoms with van der Waals surface area (Å²) < 4.78 is 0.587. The lowest BCUT2D eigenvalue weighted by Crippen LogP contribution is -2.46. The standard InChI is InChI=1S/C23H17BrN2O3/c1-25-17-12-6-5-10-15(17)19(21(25)27)23(29)20-16(24)11-7-13-18(20)26(22(23)28)14-8-3-2-4-9-14/h2-13,19,29H,1H3. The average Bonchev–Trinajstić information content (AvgIpc) is 3.12. The second-order valence-corrected chi connectivity index (χ2v) is 8.12. The van der Waals surface area contributed by atoms with Gasteiger partial charge in [0.2, 0.25) is 5.91 Å². The number of anilines is 3. The number of benzene rings is 3. The van der Waals surface area contributed by atoms with Crippen LogP contribution in [-0.4, -0.2) is 24.0 Å². The molecule has 3 aromatic rings. The van der Waals surface area contributed by atoms with Crippen LogP contribution in [0.2, 0.25) is 0 Å². The average molecular weight is 449 g/mol. The fourth-order valence-electron chi connectivity index (χ4n) is 4.45. The lowest BCUT2D eigenvalue weighted by Gasteiger charge is -2.29. The van der Waals surface area contributed by atoms with Crippen LogP contribution >= 0.6 is 15.9 Å². The molecular weight excluding hydrogens is 432 g/mol. The molecule has 1 N–H and O–H groups in total. The van der Waals surface area contributed by atoms with Crippen LogP contribution in [0, 0.1) is 0 Å². The Kier molecular flexibility index (Phi) is 3.91. The number of halogens is 1. The highest BCUT2D eigenvalue weighted by Gasteiger charge is 2.61. The molecule has 0 saturated carbocycles. The highest BCUT2D eigenvalue weighted by Crippen LogP contribution is 2.56. The van der Waals surface area contributed by atoms with Crippen LogP contribution in [0.25, 0.3) is 0 Å². The van der Waals surface area contributed by atoms with Crippen molar-refractivity contribution in [2.75, 3.05) is 16.8 Å². The molecule has 2 amide bonds. The van der Waals surface area contributed by atoms with Gasteiger partial charge in [0.05, 0.1) is 5.69 Å². The number of nitrogens with zero attached hydrogens (tertiary/aromatic N) is 2. The summed E-state index contributed by atoms with van der Waals surface area (Å²) in [7, 11) is 1.67. The number of hydrogen-bond donors (Lipinski definition) is 1. The zero-order valence-electron chi connectivity index (χ0n) is 15.5. The fourth-order valence-corrected chi connectivity index (χ4v) is 5.11. The van der Waals surface area contributed by atoms with E-state index in [1.54, 1.807) is 25.2 Å². The predicted octanol–water partition coefficient (Wildman–Crippen LogP) is 4.08. The molecule has 0 fully saturated rings. The van der Waals surface area contributed by atoms with E-state index in [4.69, 9.17) is 0 Å². The number of amides is 2. The summed E-state index contributed by atoms with van der Waals surface area (Å²) in [5.41, 5.74) is 0.946. The molecular formula is C23H17BrN2O3. The van der Waals surface area contributed by atoms with E-state index in [1.807, 2.05) is 54.6 Å². The van der Waals surface area contributed by atoms with Crippen molar-refractivity contribution in [1.82, 2.24) is 0 Å². The van der Waals surface area contributed by atoms with Crippen LogP contribution in [-0.2, 0) is 15.2 Å². The highest BCUT2D eigenvalue weighted by atomic mass is 79.9. The maximum absolute atomic E-state index is 13.8. The van der Waals surface area contributed by atoms with E-state index in [0.29, 0.717) is 32.7 Å². The Morgan fingerprint density at radius 2 is 1.55 bits per heavy atom. The summed E-state index contributed by atoms with van der Waals surface area (Å²) in [5, 5.41) is 12.0. The third-order valence-corrected chi connectivity index (χ3v) is 6.42. The van der Waals surface area contributed by atoms with E-state index in [9.17, 15) is 14.7 Å². The van der Waals surface area contributed by atoms with Crippen LogP contribution in [0.5, 0.6) is 0 Å². The van der Waals surface area contributed by atoms with E-state index >= 15 is 0 Å². The van der Waals surface area contributed by atoms with Gasteiger partial charge in [-0.15, -0.1) is 0 Å². The SMILES string of the molecule is CN1C(=O)C(C2(O)C(=O)N(c3ccccc3)c3cccc(Br)c32)c2ccccc21. The van der Waals surface area contributed by atoms with Gasteiger partial charge in [-0.3, -0.25) is 14.5 Å². The van der Waals surface area contributed by atoms with Gasteiger partial charge in [0.15, 0.2) is 5.60 Å². The first-order chi connectivity index (χ1) is 14.0. The number of hydrogen-bond acceptors (Lipinski definition) is 3. The Morgan fingerprint density at radius 3 is 2.31 bits per heavy atom. The van der Waals surface area contributed by atoms with Crippen LogP contribution < -0.4 is 9.80 Å². The smallest absolute Gasteiger partial charge is 0.269 e. The molecule has 144 valence electrons. The van der Waals surface area contributed by atoms with Crippen LogP contribution in [0.3, 0.4) is 0 Å². The van der Waals surface area contributed by atoms with Crippen molar-refractivity contribution in [1.29, 1.82) is 0 Å². The van der Waals surface area contributed by atoms with Gasteiger partial charge in [0.25, 0.3) is 5.91 Å². The minimum absolute atomic E-state index is 0.307. The molecule has 0 aliphatic carbocycles. The van der Waals surface area contributed by atoms with Crippen molar-refractivity contribution in [2.45, 2.75) is 11.5 Å². The predicted molar refractivity (Wildman–Crippen MR) is 114 cm³/mol. The van der Waals surface area contributed by atoms with Gasteiger partial charge in [-0.25, -0.2) is 0 Å². The number of fused-ring (bicyclic) bond motifs is 2. The Hall–Kier alpha value is -2.96. The minimum atomic E-state index is -2.02. The summed E-state index contributed by atoms with van der Waals surface area (Å²) in [6, 6.07) is 21.8. The first-order valence-electron chi connectivity index (χ1n) is 9.23. The largest absolute Gasteiger partial charge is 0.374 e. The Bertz CT molecular complexity index is 1160. The number of carbonyl (C=O) groups is 2. The number of carbonyl (C=O) groups excluding carboxylic acids is 2. The highest BCUT2D eigenvalue weighted by molar-refractivity contribution is 9.10. The topological polar surface area (TPSA) is 60.9 Å². The molecule has 3 aromatic carbocycles. The van der Waals surface area contributed by atoms with Crippen LogP contribution in [0.15, 0.2) is 77.3 Å². The fraction of sp³-hybridized carbons (Fsp3) is 0.130. The molecule has 0 bridgehead atoms. The first kappa shape index (κ1) is 18.1. The van der Waals surface area contributed by atoms with Gasteiger partial charge in [-0.2, -0.15) is 0 Å². The van der Waals surface area contributed by atoms with Crippen LogP contribution in [0.4, 0.5) is 17.1 Å². The maximum atomic E-state index is 13.8. The van der Waals surface area contributed by atoms with Gasteiger partial charge < -0.3 is 10.0 Å². The summed E-state index contributed by atoms with van der Waals surface area (Å²) in [6.07, 6.45) is 0. The Morgan fingerprint density at radius 1 is 0.897 bits per heavy atom. The maximum Gasteiger partial charge on any atom is 0.269 e. The molecule has 2 atom stereocenters. The molecule has 5 rings (SSSR count). The lowest BCUT2D eigenvalue weighted by atomic mass is 9.78. The van der Waals surface area contributed by atoms with Crippen molar-refractivity contribution in [2.24, 2.45) is 0 Å². The molecule has 2 aliphatic rings. The first-order valence-corrected chi connectivity index (χ1v) is 10.0. The summed E-state index contributed by atoms with van der Waals surface area (Å²) in [5.74, 6) is -1.87. The van der Waals surface area contributed by atoms with E-state index in [-0.39, 0.29) is 5.91 Å². The van der Waals surface area contributed by atoms with E-state index in [0.717, 1.165) is 0 Å². The molecule has 0 saturated heterocycles. The van der Waals surface area contributed by atoms with E-state index < -0.39 is 17.4 Å². The molecule has 0 radical (unpaired) electrons. The zero-order chi connectivity index (χ0) is 20.3. The lowest BCUT2D eigenvalue weighted by molar-refractivity contribution is -0.143. The van der Waals surface area contributed by atoms with Gasteiger partial charge in [0, 0.05) is 28.5 Å². The zero-order valence-corrected chi connectivity index (χ0v) is 17.1. The van der Waals surface area contributed by atoms with Crippen molar-refractivity contribution in [3.8, 4) is 0 Å². The van der Waals surface area contributed by atoms with Gasteiger partial charge in [-0.05, 0) is 35.9 Å². The monoisotopic (exact) mass is 448 g/mol. The molecule has 6 heteroatoms. The number of rotatable bonds is 2. The third kappa shape index (κ3) is 2.30. The second-order valence-electron chi connectivity index (χ2n) is 7.27. The quantitative estimate of drug-likeness (QED) is 0.642. The molecule has 0 aromatic heterocycles. The van der Waals surface area contributed by atoms with Crippen molar-refractivity contribution < 1.29 is 14.7 Å². The number of aliphatic hydroxyl groups is 1. The van der Waals surface area contributed by atoms with Gasteiger partial charge in [0.1, 0.15) is 5.92 Å². The summed E-state index contributed by atoms with van der Waals surface area (Å²) >= 11 is 3.51. The van der Waals surface area contributed by atoms with Crippen molar-refractivity contribution in [3.05, 3.63) is 88.4 Å². The van der Waals surface area contributed by atoms with Gasteiger partial charge >= 0.3 is 0 Å². The van der Waals surface area contributed by atoms with E-state index in [1.165, 1.54) is 9.80 Å². The molecule has 0 spiro atoms. The molecule has 29 heavy (non-hydrogen) atoms. The molecule has 2 heterocycles. The van der Waals surface area contributed by atoms with Crippen molar-refractivity contribution in [3.63, 3.8) is 0 Å². The second kappa shape index (κ2) is 6.27. The number of para-hydroxylation sites is 2. The van der Waals surface area contributed by atoms with E-state index in [2.05, 4.69) is 15.9 Å². The minimum Gasteiger partial charge on any atom is -0.374 e. The molecule has 5 nitrogen and oxygen atoms in total. The molecule has 2 aliphatic heterocycles. The Balaban J connectivity index is 1.78. The normalized spacial score (nSPS) is 22.8. The van der Waals surface area contributed by atoms with Gasteiger partial charge in [-0.1, -0.05) is 58.4 Å². The van der Waals surface area contributed by atoms with Crippen LogP contribution in [0.1, 0.15) is 17.0 Å². The third-order valence-electron chi connectivity index (χ3n) is 5.76. The summed E-state index contributed by atoms with van der Waals surface area (Å²) in [4.78, 5) is 30.0. The summed E-state index contributed by atoms with van der Waals surface area (Å²) in [6.45, 7) is 0. The Labute approximate surface area is 176 Å².